The average Bonchev–Trinajstić information content (AvgIpc) is 2.78. The SMILES string of the molecule is CC.COC(=O)Cc1c(C)nc2c(ccn2C)c1C. The van der Waals surface area contributed by atoms with Crippen LogP contribution in [0.2, 0.25) is 0 Å². The van der Waals surface area contributed by atoms with Gasteiger partial charge in [0.15, 0.2) is 0 Å². The summed E-state index contributed by atoms with van der Waals surface area (Å²) >= 11 is 0. The number of hydrogen-bond acceptors (Lipinski definition) is 3. The van der Waals surface area contributed by atoms with Gasteiger partial charge in [-0.15, -0.1) is 0 Å². The lowest BCUT2D eigenvalue weighted by atomic mass is 10.0. The lowest BCUT2D eigenvalue weighted by Gasteiger charge is -2.10. The molecule has 0 aliphatic heterocycles. The molecule has 2 aromatic rings. The summed E-state index contributed by atoms with van der Waals surface area (Å²) in [7, 11) is 3.37. The van der Waals surface area contributed by atoms with Crippen LogP contribution in [0.3, 0.4) is 0 Å². The van der Waals surface area contributed by atoms with Crippen molar-refractivity contribution < 1.29 is 9.53 Å². The van der Waals surface area contributed by atoms with Crippen LogP contribution in [-0.4, -0.2) is 22.6 Å². The molecule has 0 aliphatic carbocycles. The molecule has 0 amide bonds. The normalized spacial score (nSPS) is 10.0. The van der Waals surface area contributed by atoms with E-state index in [4.69, 9.17) is 4.74 Å². The first-order valence-corrected chi connectivity index (χ1v) is 6.52. The summed E-state index contributed by atoms with van der Waals surface area (Å²) in [4.78, 5) is 15.9. The van der Waals surface area contributed by atoms with E-state index < -0.39 is 0 Å². The summed E-state index contributed by atoms with van der Waals surface area (Å²) in [5, 5.41) is 1.09. The zero-order chi connectivity index (χ0) is 14.6. The van der Waals surface area contributed by atoms with Gasteiger partial charge in [0, 0.05) is 24.3 Å². The maximum absolute atomic E-state index is 11.4. The van der Waals surface area contributed by atoms with Gasteiger partial charge >= 0.3 is 5.97 Å². The maximum Gasteiger partial charge on any atom is 0.310 e. The Morgan fingerprint density at radius 1 is 1.37 bits per heavy atom. The van der Waals surface area contributed by atoms with Gasteiger partial charge in [0.25, 0.3) is 0 Å². The highest BCUT2D eigenvalue weighted by atomic mass is 16.5. The van der Waals surface area contributed by atoms with Gasteiger partial charge in [-0.25, -0.2) is 4.98 Å². The van der Waals surface area contributed by atoms with Crippen molar-refractivity contribution in [2.75, 3.05) is 7.11 Å². The van der Waals surface area contributed by atoms with Crippen LogP contribution in [0.4, 0.5) is 0 Å². The highest BCUT2D eigenvalue weighted by molar-refractivity contribution is 5.83. The minimum absolute atomic E-state index is 0.228. The zero-order valence-corrected chi connectivity index (χ0v) is 12.6. The van der Waals surface area contributed by atoms with Crippen molar-refractivity contribution in [2.45, 2.75) is 34.1 Å². The molecule has 0 unspecified atom stereocenters. The predicted octanol–water partition coefficient (Wildman–Crippen LogP) is 2.93. The summed E-state index contributed by atoms with van der Waals surface area (Å²) in [6.45, 7) is 7.95. The fourth-order valence-corrected chi connectivity index (χ4v) is 2.09. The number of esters is 1. The molecule has 0 saturated carbocycles. The van der Waals surface area contributed by atoms with Crippen LogP contribution in [0.5, 0.6) is 0 Å². The lowest BCUT2D eigenvalue weighted by molar-refractivity contribution is -0.139. The minimum Gasteiger partial charge on any atom is -0.469 e. The summed E-state index contributed by atoms with van der Waals surface area (Å²) in [6, 6.07) is 2.03. The fraction of sp³-hybridized carbons (Fsp3) is 0.467. The second-order valence-corrected chi connectivity index (χ2v) is 4.22. The Bertz CT molecular complexity index is 585. The lowest BCUT2D eigenvalue weighted by Crippen LogP contribution is -2.09. The van der Waals surface area contributed by atoms with Crippen molar-refractivity contribution in [3.63, 3.8) is 0 Å². The van der Waals surface area contributed by atoms with E-state index in [1.54, 1.807) is 0 Å². The van der Waals surface area contributed by atoms with Crippen molar-refractivity contribution in [2.24, 2.45) is 7.05 Å². The van der Waals surface area contributed by atoms with Gasteiger partial charge in [-0.2, -0.15) is 0 Å². The molecule has 4 nitrogen and oxygen atoms in total. The monoisotopic (exact) mass is 262 g/mol. The molecule has 0 N–H and O–H groups in total. The van der Waals surface area contributed by atoms with Gasteiger partial charge in [0.1, 0.15) is 5.65 Å². The minimum atomic E-state index is -0.228. The first-order valence-electron chi connectivity index (χ1n) is 6.52. The van der Waals surface area contributed by atoms with Gasteiger partial charge in [0.05, 0.1) is 13.5 Å². The number of methoxy groups -OCH3 is 1. The molecule has 4 heteroatoms. The Balaban J connectivity index is 0.000000861. The smallest absolute Gasteiger partial charge is 0.310 e. The number of hydrogen-bond donors (Lipinski definition) is 0. The third-order valence-electron chi connectivity index (χ3n) is 3.16. The molecule has 0 atom stereocenters. The van der Waals surface area contributed by atoms with Crippen LogP contribution in [0, 0.1) is 13.8 Å². The third kappa shape index (κ3) is 2.95. The van der Waals surface area contributed by atoms with Gasteiger partial charge in [-0.05, 0) is 31.0 Å². The Morgan fingerprint density at radius 2 is 2.00 bits per heavy atom. The molecule has 0 aliphatic rings. The maximum atomic E-state index is 11.4. The largest absolute Gasteiger partial charge is 0.469 e. The van der Waals surface area contributed by atoms with Gasteiger partial charge < -0.3 is 9.30 Å². The van der Waals surface area contributed by atoms with Crippen LogP contribution in [0.15, 0.2) is 12.3 Å². The highest BCUT2D eigenvalue weighted by Crippen LogP contribution is 2.23. The van der Waals surface area contributed by atoms with E-state index in [-0.39, 0.29) is 12.4 Å². The second kappa shape index (κ2) is 6.36. The molecular weight excluding hydrogens is 240 g/mol. The van der Waals surface area contributed by atoms with E-state index in [9.17, 15) is 4.79 Å². The number of rotatable bonds is 2. The molecule has 2 aromatic heterocycles. The van der Waals surface area contributed by atoms with Crippen molar-refractivity contribution in [3.05, 3.63) is 29.1 Å². The number of ether oxygens (including phenoxy) is 1. The number of aromatic nitrogens is 2. The van der Waals surface area contributed by atoms with E-state index in [2.05, 4.69) is 4.98 Å². The Kier molecular flexibility index (Phi) is 5.10. The fourth-order valence-electron chi connectivity index (χ4n) is 2.09. The Labute approximate surface area is 114 Å². The summed E-state index contributed by atoms with van der Waals surface area (Å²) in [6.07, 6.45) is 2.26. The average molecular weight is 262 g/mol. The first-order chi connectivity index (χ1) is 9.04. The van der Waals surface area contributed by atoms with Crippen LogP contribution in [-0.2, 0) is 23.0 Å². The van der Waals surface area contributed by atoms with Crippen LogP contribution in [0.25, 0.3) is 11.0 Å². The molecule has 0 saturated heterocycles. The molecule has 0 fully saturated rings. The molecular formula is C15H22N2O2. The summed E-state index contributed by atoms with van der Waals surface area (Å²) in [5.41, 5.74) is 3.92. The van der Waals surface area contributed by atoms with E-state index in [0.717, 1.165) is 27.9 Å². The number of fused-ring (bicyclic) bond motifs is 1. The van der Waals surface area contributed by atoms with Crippen molar-refractivity contribution in [1.29, 1.82) is 0 Å². The molecule has 0 radical (unpaired) electrons. The van der Waals surface area contributed by atoms with Crippen molar-refractivity contribution >= 4 is 17.0 Å². The molecule has 0 aromatic carbocycles. The van der Waals surface area contributed by atoms with E-state index in [1.165, 1.54) is 7.11 Å². The van der Waals surface area contributed by atoms with Crippen molar-refractivity contribution in [1.82, 2.24) is 9.55 Å². The van der Waals surface area contributed by atoms with E-state index in [0.29, 0.717) is 0 Å². The zero-order valence-electron chi connectivity index (χ0n) is 12.6. The standard InChI is InChI=1S/C13H16N2O2.C2H6/c1-8-10-5-6-15(3)13(10)14-9(2)11(8)7-12(16)17-4;1-2/h5-6H,7H2,1-4H3;1-2H3. The van der Waals surface area contributed by atoms with Crippen molar-refractivity contribution in [3.8, 4) is 0 Å². The van der Waals surface area contributed by atoms with E-state index in [1.807, 2.05) is 51.6 Å². The van der Waals surface area contributed by atoms with Crippen LogP contribution < -0.4 is 0 Å². The molecule has 104 valence electrons. The van der Waals surface area contributed by atoms with Crippen LogP contribution >= 0.6 is 0 Å². The summed E-state index contributed by atoms with van der Waals surface area (Å²) < 4.78 is 6.69. The first kappa shape index (κ1) is 15.2. The van der Waals surface area contributed by atoms with Crippen LogP contribution in [0.1, 0.15) is 30.7 Å². The summed E-state index contributed by atoms with van der Waals surface area (Å²) in [5.74, 6) is -0.228. The topological polar surface area (TPSA) is 44.1 Å². The molecule has 0 bridgehead atoms. The molecule has 0 spiro atoms. The predicted molar refractivity (Wildman–Crippen MR) is 77.3 cm³/mol. The van der Waals surface area contributed by atoms with Gasteiger partial charge in [-0.3, -0.25) is 4.79 Å². The Morgan fingerprint density at radius 3 is 2.58 bits per heavy atom. The number of carbonyl (C=O) groups excluding carboxylic acids is 1. The van der Waals surface area contributed by atoms with Gasteiger partial charge in [0.2, 0.25) is 0 Å². The highest BCUT2D eigenvalue weighted by Gasteiger charge is 2.14. The number of aryl methyl sites for hydroxylation is 3. The quantitative estimate of drug-likeness (QED) is 0.782. The molecule has 2 rings (SSSR count). The molecule has 19 heavy (non-hydrogen) atoms. The number of nitrogens with zero attached hydrogens (tertiary/aromatic N) is 2. The number of pyridine rings is 1. The third-order valence-corrected chi connectivity index (χ3v) is 3.16. The number of carbonyl (C=O) groups is 1. The van der Waals surface area contributed by atoms with Gasteiger partial charge in [-0.1, -0.05) is 13.8 Å². The molecule has 2 heterocycles. The second-order valence-electron chi connectivity index (χ2n) is 4.22. The Hall–Kier alpha value is -1.84. The van der Waals surface area contributed by atoms with E-state index >= 15 is 0 Å².